The quantitative estimate of drug-likeness (QED) is 0.347. The Labute approximate surface area is 186 Å². The van der Waals surface area contributed by atoms with Gasteiger partial charge in [0.25, 0.3) is 5.56 Å². The summed E-state index contributed by atoms with van der Waals surface area (Å²) in [5.41, 5.74) is 1.17. The number of fused-ring (bicyclic) bond motifs is 1. The minimum atomic E-state index is -0.294. The van der Waals surface area contributed by atoms with Crippen LogP contribution in [0.25, 0.3) is 10.9 Å². The number of hydrogen-bond donors (Lipinski definition) is 1. The molecule has 7 nitrogen and oxygen atoms in total. The highest BCUT2D eigenvalue weighted by Gasteiger charge is 2.15. The van der Waals surface area contributed by atoms with Gasteiger partial charge >= 0.3 is 0 Å². The average Bonchev–Trinajstić information content (AvgIpc) is 3.28. The van der Waals surface area contributed by atoms with Gasteiger partial charge in [0.05, 0.1) is 40.0 Å². The van der Waals surface area contributed by atoms with Crippen LogP contribution in [0.4, 0.5) is 5.69 Å². The van der Waals surface area contributed by atoms with E-state index in [-0.39, 0.29) is 28.8 Å². The summed E-state index contributed by atoms with van der Waals surface area (Å²) < 4.78 is 6.88. The van der Waals surface area contributed by atoms with Crippen molar-refractivity contribution in [2.75, 3.05) is 11.1 Å². The van der Waals surface area contributed by atoms with Gasteiger partial charge in [-0.2, -0.15) is 5.26 Å². The van der Waals surface area contributed by atoms with Crippen LogP contribution in [0.1, 0.15) is 11.3 Å². The topological polar surface area (TPSA) is 101 Å². The number of carbonyl (C=O) groups is 1. The molecule has 31 heavy (non-hydrogen) atoms. The molecule has 0 fully saturated rings. The summed E-state index contributed by atoms with van der Waals surface area (Å²) in [4.78, 5) is 30.1. The van der Waals surface area contributed by atoms with Gasteiger partial charge in [0.2, 0.25) is 5.91 Å². The lowest BCUT2D eigenvalue weighted by Gasteiger charge is -2.12. The molecule has 0 bridgehead atoms. The fraction of sp³-hybridized carbons (Fsp3) is 0.0909. The van der Waals surface area contributed by atoms with Gasteiger partial charge in [-0.3, -0.25) is 14.2 Å². The van der Waals surface area contributed by atoms with Crippen molar-refractivity contribution in [1.82, 2.24) is 9.55 Å². The number of nitriles is 1. The van der Waals surface area contributed by atoms with Crippen molar-refractivity contribution in [3.63, 3.8) is 0 Å². The van der Waals surface area contributed by atoms with E-state index in [9.17, 15) is 9.59 Å². The van der Waals surface area contributed by atoms with Crippen LogP contribution in [-0.4, -0.2) is 21.2 Å². The number of anilines is 1. The van der Waals surface area contributed by atoms with Crippen LogP contribution >= 0.6 is 23.4 Å². The number of carbonyl (C=O) groups excluding carboxylic acids is 1. The first-order valence-corrected chi connectivity index (χ1v) is 10.6. The second kappa shape index (κ2) is 9.08. The molecular formula is C22H15ClN4O3S. The first kappa shape index (κ1) is 20.7. The van der Waals surface area contributed by atoms with Gasteiger partial charge in [0.1, 0.15) is 11.8 Å². The Morgan fingerprint density at radius 3 is 2.81 bits per heavy atom. The second-order valence-electron chi connectivity index (χ2n) is 6.53. The van der Waals surface area contributed by atoms with Crippen LogP contribution in [0.2, 0.25) is 5.02 Å². The second-order valence-corrected chi connectivity index (χ2v) is 7.88. The molecule has 1 N–H and O–H groups in total. The molecule has 0 aliphatic rings. The van der Waals surface area contributed by atoms with E-state index in [1.807, 2.05) is 6.07 Å². The predicted octanol–water partition coefficient (Wildman–Crippen LogP) is 4.29. The Hall–Kier alpha value is -3.54. The van der Waals surface area contributed by atoms with E-state index in [1.54, 1.807) is 42.5 Å². The molecule has 2 heterocycles. The van der Waals surface area contributed by atoms with E-state index in [2.05, 4.69) is 10.3 Å². The molecule has 0 saturated carbocycles. The zero-order chi connectivity index (χ0) is 21.8. The van der Waals surface area contributed by atoms with Crippen molar-refractivity contribution in [3.8, 4) is 6.07 Å². The summed E-state index contributed by atoms with van der Waals surface area (Å²) in [6.45, 7) is 0.207. The summed E-state index contributed by atoms with van der Waals surface area (Å²) in [6, 6.07) is 17.2. The molecular weight excluding hydrogens is 436 g/mol. The average molecular weight is 451 g/mol. The first-order chi connectivity index (χ1) is 15.0. The molecule has 154 valence electrons. The summed E-state index contributed by atoms with van der Waals surface area (Å²) in [7, 11) is 0. The van der Waals surface area contributed by atoms with E-state index in [0.717, 1.165) is 11.8 Å². The normalized spacial score (nSPS) is 10.7. The SMILES string of the molecule is N#Cc1ccc(NC(=O)CSc2nc3ccccc3c(=O)n2Cc2ccco2)cc1Cl. The number of rotatable bonds is 6. The van der Waals surface area contributed by atoms with Gasteiger partial charge in [0, 0.05) is 5.69 Å². The van der Waals surface area contributed by atoms with Crippen molar-refractivity contribution >= 4 is 45.9 Å². The molecule has 0 aliphatic carbocycles. The van der Waals surface area contributed by atoms with E-state index in [0.29, 0.717) is 33.1 Å². The number of nitrogens with zero attached hydrogens (tertiary/aromatic N) is 3. The highest BCUT2D eigenvalue weighted by atomic mass is 35.5. The van der Waals surface area contributed by atoms with Gasteiger partial charge in [0.15, 0.2) is 5.16 Å². The number of thioether (sulfide) groups is 1. The molecule has 0 spiro atoms. The Morgan fingerprint density at radius 2 is 2.06 bits per heavy atom. The van der Waals surface area contributed by atoms with Crippen LogP contribution < -0.4 is 10.9 Å². The Bertz CT molecular complexity index is 1360. The molecule has 0 unspecified atom stereocenters. The summed E-state index contributed by atoms with van der Waals surface area (Å²) in [6.07, 6.45) is 1.54. The zero-order valence-corrected chi connectivity index (χ0v) is 17.6. The van der Waals surface area contributed by atoms with E-state index in [1.165, 1.54) is 23.0 Å². The number of para-hydroxylation sites is 1. The minimum absolute atomic E-state index is 0.0283. The van der Waals surface area contributed by atoms with Gasteiger partial charge in [-0.25, -0.2) is 4.98 Å². The smallest absolute Gasteiger partial charge is 0.262 e. The van der Waals surface area contributed by atoms with Crippen molar-refractivity contribution in [2.45, 2.75) is 11.7 Å². The molecule has 0 aliphatic heterocycles. The zero-order valence-electron chi connectivity index (χ0n) is 16.0. The molecule has 0 radical (unpaired) electrons. The highest BCUT2D eigenvalue weighted by Crippen LogP contribution is 2.22. The maximum Gasteiger partial charge on any atom is 0.262 e. The van der Waals surface area contributed by atoms with Crippen molar-refractivity contribution < 1.29 is 9.21 Å². The maximum absolute atomic E-state index is 13.0. The Morgan fingerprint density at radius 1 is 1.23 bits per heavy atom. The van der Waals surface area contributed by atoms with Crippen LogP contribution in [0.5, 0.6) is 0 Å². The molecule has 0 saturated heterocycles. The van der Waals surface area contributed by atoms with Crippen LogP contribution in [0, 0.1) is 11.3 Å². The lowest BCUT2D eigenvalue weighted by atomic mass is 10.2. The number of hydrogen-bond acceptors (Lipinski definition) is 6. The lowest BCUT2D eigenvalue weighted by Crippen LogP contribution is -2.24. The Kier molecular flexibility index (Phi) is 6.07. The molecule has 9 heteroatoms. The Balaban J connectivity index is 1.57. The van der Waals surface area contributed by atoms with E-state index >= 15 is 0 Å². The number of halogens is 1. The standard InChI is InChI=1S/C22H15ClN4O3S/c23-18-10-15(8-7-14(18)11-24)25-20(28)13-31-22-26-19-6-2-1-5-17(19)21(29)27(22)12-16-4-3-9-30-16/h1-10H,12-13H2,(H,25,28). The van der Waals surface area contributed by atoms with E-state index < -0.39 is 0 Å². The summed E-state index contributed by atoms with van der Waals surface area (Å²) in [5, 5.41) is 12.9. The van der Waals surface area contributed by atoms with Gasteiger partial charge in [-0.05, 0) is 42.5 Å². The number of nitrogens with one attached hydrogen (secondary N) is 1. The first-order valence-electron chi connectivity index (χ1n) is 9.19. The molecule has 4 aromatic rings. The fourth-order valence-electron chi connectivity index (χ4n) is 2.97. The van der Waals surface area contributed by atoms with Crippen molar-refractivity contribution in [3.05, 3.63) is 87.6 Å². The number of furan rings is 1. The van der Waals surface area contributed by atoms with Gasteiger partial charge < -0.3 is 9.73 Å². The third-order valence-electron chi connectivity index (χ3n) is 4.43. The maximum atomic E-state index is 13.0. The van der Waals surface area contributed by atoms with Crippen molar-refractivity contribution in [2.24, 2.45) is 0 Å². The summed E-state index contributed by atoms with van der Waals surface area (Å²) in [5.74, 6) is 0.344. The van der Waals surface area contributed by atoms with Gasteiger partial charge in [-0.15, -0.1) is 0 Å². The van der Waals surface area contributed by atoms with E-state index in [4.69, 9.17) is 21.3 Å². The monoisotopic (exact) mass is 450 g/mol. The van der Waals surface area contributed by atoms with Crippen LogP contribution in [0.3, 0.4) is 0 Å². The molecule has 1 amide bonds. The molecule has 0 atom stereocenters. The number of aromatic nitrogens is 2. The van der Waals surface area contributed by atoms with Crippen LogP contribution in [-0.2, 0) is 11.3 Å². The predicted molar refractivity (Wildman–Crippen MR) is 119 cm³/mol. The number of amides is 1. The molecule has 2 aromatic carbocycles. The van der Waals surface area contributed by atoms with Gasteiger partial charge in [-0.1, -0.05) is 35.5 Å². The number of benzene rings is 2. The third-order valence-corrected chi connectivity index (χ3v) is 5.72. The van der Waals surface area contributed by atoms with Crippen molar-refractivity contribution in [1.29, 1.82) is 5.26 Å². The molecule has 4 rings (SSSR count). The largest absolute Gasteiger partial charge is 0.467 e. The lowest BCUT2D eigenvalue weighted by molar-refractivity contribution is -0.113. The third kappa shape index (κ3) is 4.63. The fourth-order valence-corrected chi connectivity index (χ4v) is 3.99. The minimum Gasteiger partial charge on any atom is -0.467 e. The van der Waals surface area contributed by atoms with Crippen LogP contribution in [0.15, 0.2) is 75.2 Å². The molecule has 2 aromatic heterocycles. The highest BCUT2D eigenvalue weighted by molar-refractivity contribution is 7.99. The summed E-state index contributed by atoms with van der Waals surface area (Å²) >= 11 is 7.16.